The van der Waals surface area contributed by atoms with Crippen molar-refractivity contribution in [3.63, 3.8) is 0 Å². The van der Waals surface area contributed by atoms with Crippen molar-refractivity contribution in [2.24, 2.45) is 0 Å². The molecular weight excluding hydrogens is 404 g/mol. The molecule has 1 unspecified atom stereocenters. The van der Waals surface area contributed by atoms with Crippen molar-refractivity contribution in [3.05, 3.63) is 59.0 Å². The SMILES string of the molecule is COc1ccc(-c2csc(NC(=O)C3(C)Cc4ccccc4C(=O)O3)n2)cc1OC. The van der Waals surface area contributed by atoms with E-state index in [-0.39, 0.29) is 0 Å². The maximum absolute atomic E-state index is 12.9. The number of anilines is 1. The third-order valence-corrected chi connectivity index (χ3v) is 5.73. The van der Waals surface area contributed by atoms with E-state index >= 15 is 0 Å². The van der Waals surface area contributed by atoms with Gasteiger partial charge < -0.3 is 14.2 Å². The molecule has 0 bridgehead atoms. The van der Waals surface area contributed by atoms with Crippen LogP contribution in [0.5, 0.6) is 11.5 Å². The Labute approximate surface area is 177 Å². The minimum atomic E-state index is -1.30. The Morgan fingerprint density at radius 3 is 2.70 bits per heavy atom. The molecule has 4 rings (SSSR count). The molecule has 3 aromatic rings. The second kappa shape index (κ2) is 7.79. The zero-order valence-corrected chi connectivity index (χ0v) is 17.5. The molecular formula is C22H20N2O5S. The Morgan fingerprint density at radius 2 is 1.93 bits per heavy atom. The van der Waals surface area contributed by atoms with Crippen molar-refractivity contribution < 1.29 is 23.8 Å². The third-order valence-electron chi connectivity index (χ3n) is 4.97. The number of carbonyl (C=O) groups excluding carboxylic acids is 2. The van der Waals surface area contributed by atoms with Crippen molar-refractivity contribution in [2.75, 3.05) is 19.5 Å². The minimum Gasteiger partial charge on any atom is -0.493 e. The number of benzene rings is 2. The highest BCUT2D eigenvalue weighted by atomic mass is 32.1. The highest BCUT2D eigenvalue weighted by molar-refractivity contribution is 7.14. The normalized spacial score (nSPS) is 17.6. The van der Waals surface area contributed by atoms with E-state index < -0.39 is 17.5 Å². The van der Waals surface area contributed by atoms with Crippen LogP contribution in [-0.4, -0.2) is 36.7 Å². The van der Waals surface area contributed by atoms with Crippen LogP contribution in [0.4, 0.5) is 5.13 Å². The van der Waals surface area contributed by atoms with Gasteiger partial charge in [-0.2, -0.15) is 0 Å². The summed E-state index contributed by atoms with van der Waals surface area (Å²) in [6, 6.07) is 12.6. The predicted molar refractivity (Wildman–Crippen MR) is 113 cm³/mol. The Kier molecular flexibility index (Phi) is 5.17. The molecule has 1 aromatic heterocycles. The average Bonchev–Trinajstić information content (AvgIpc) is 3.21. The van der Waals surface area contributed by atoms with E-state index in [9.17, 15) is 9.59 Å². The summed E-state index contributed by atoms with van der Waals surface area (Å²) >= 11 is 1.29. The summed E-state index contributed by atoms with van der Waals surface area (Å²) in [5.74, 6) is 0.296. The van der Waals surface area contributed by atoms with Crippen molar-refractivity contribution >= 4 is 28.3 Å². The lowest BCUT2D eigenvalue weighted by Crippen LogP contribution is -2.48. The molecule has 0 aliphatic carbocycles. The second-order valence-electron chi connectivity index (χ2n) is 7.02. The molecule has 2 aromatic carbocycles. The number of rotatable bonds is 5. The molecule has 1 amide bonds. The first kappa shape index (κ1) is 19.9. The summed E-state index contributed by atoms with van der Waals surface area (Å²) in [5.41, 5.74) is 1.49. The maximum Gasteiger partial charge on any atom is 0.339 e. The molecule has 1 atom stereocenters. The number of ether oxygens (including phenoxy) is 3. The number of hydrogen-bond donors (Lipinski definition) is 1. The predicted octanol–water partition coefficient (Wildman–Crippen LogP) is 3.94. The molecule has 1 aliphatic rings. The van der Waals surface area contributed by atoms with Crippen LogP contribution in [0.2, 0.25) is 0 Å². The number of amides is 1. The van der Waals surface area contributed by atoms with Crippen LogP contribution in [0.25, 0.3) is 11.3 Å². The number of carbonyl (C=O) groups is 2. The highest BCUT2D eigenvalue weighted by Gasteiger charge is 2.42. The van der Waals surface area contributed by atoms with E-state index in [4.69, 9.17) is 14.2 Å². The molecule has 0 fully saturated rings. The van der Waals surface area contributed by atoms with Crippen molar-refractivity contribution in [3.8, 4) is 22.8 Å². The van der Waals surface area contributed by atoms with Crippen LogP contribution in [-0.2, 0) is 16.0 Å². The average molecular weight is 424 g/mol. The molecule has 0 spiro atoms. The van der Waals surface area contributed by atoms with Gasteiger partial charge in [0.25, 0.3) is 5.91 Å². The standard InChI is InChI=1S/C22H20N2O5S/c1-22(11-14-6-4-5-7-15(14)19(25)29-22)20(26)24-21-23-16(12-30-21)13-8-9-17(27-2)18(10-13)28-3/h4-10,12H,11H2,1-3H3,(H,23,24,26). The summed E-state index contributed by atoms with van der Waals surface area (Å²) in [7, 11) is 3.14. The first-order chi connectivity index (χ1) is 14.4. The Morgan fingerprint density at radius 1 is 1.17 bits per heavy atom. The molecule has 1 aliphatic heterocycles. The monoisotopic (exact) mass is 424 g/mol. The number of nitrogens with one attached hydrogen (secondary N) is 1. The van der Waals surface area contributed by atoms with Gasteiger partial charge in [-0.3, -0.25) is 10.1 Å². The first-order valence-corrected chi connectivity index (χ1v) is 10.1. The fourth-order valence-electron chi connectivity index (χ4n) is 3.35. The van der Waals surface area contributed by atoms with Gasteiger partial charge in [-0.1, -0.05) is 18.2 Å². The largest absolute Gasteiger partial charge is 0.493 e. The van der Waals surface area contributed by atoms with E-state index in [0.29, 0.717) is 34.3 Å². The van der Waals surface area contributed by atoms with Gasteiger partial charge in [0.2, 0.25) is 0 Å². The van der Waals surface area contributed by atoms with E-state index in [1.807, 2.05) is 29.6 Å². The van der Waals surface area contributed by atoms with Crippen LogP contribution >= 0.6 is 11.3 Å². The fraction of sp³-hybridized carbons (Fsp3) is 0.227. The zero-order chi connectivity index (χ0) is 21.3. The van der Waals surface area contributed by atoms with Gasteiger partial charge >= 0.3 is 5.97 Å². The lowest BCUT2D eigenvalue weighted by Gasteiger charge is -2.32. The zero-order valence-electron chi connectivity index (χ0n) is 16.7. The fourth-order valence-corrected chi connectivity index (χ4v) is 4.06. The number of cyclic esters (lactones) is 1. The number of aromatic nitrogens is 1. The molecule has 8 heteroatoms. The Bertz CT molecular complexity index is 1130. The molecule has 2 heterocycles. The van der Waals surface area contributed by atoms with Crippen LogP contribution in [0, 0.1) is 0 Å². The minimum absolute atomic E-state index is 0.300. The smallest absolute Gasteiger partial charge is 0.339 e. The molecule has 154 valence electrons. The molecule has 0 radical (unpaired) electrons. The topological polar surface area (TPSA) is 86.8 Å². The number of esters is 1. The van der Waals surface area contributed by atoms with Crippen molar-refractivity contribution in [1.29, 1.82) is 0 Å². The van der Waals surface area contributed by atoms with Crippen molar-refractivity contribution in [1.82, 2.24) is 4.98 Å². The quantitative estimate of drug-likeness (QED) is 0.625. The molecule has 0 saturated carbocycles. The van der Waals surface area contributed by atoms with E-state index in [0.717, 1.165) is 11.1 Å². The Balaban J connectivity index is 1.53. The molecule has 7 nitrogen and oxygen atoms in total. The van der Waals surface area contributed by atoms with Gasteiger partial charge in [-0.05, 0) is 36.8 Å². The van der Waals surface area contributed by atoms with Crippen LogP contribution in [0.15, 0.2) is 47.8 Å². The number of fused-ring (bicyclic) bond motifs is 1. The molecule has 1 N–H and O–H groups in total. The van der Waals surface area contributed by atoms with E-state index in [1.165, 1.54) is 11.3 Å². The first-order valence-electron chi connectivity index (χ1n) is 9.24. The van der Waals surface area contributed by atoms with Crippen LogP contribution in [0.3, 0.4) is 0 Å². The molecule has 0 saturated heterocycles. The van der Waals surface area contributed by atoms with Gasteiger partial charge in [0.05, 0.1) is 25.5 Å². The number of nitrogens with zero attached hydrogens (tertiary/aromatic N) is 1. The van der Waals surface area contributed by atoms with Gasteiger partial charge in [0.15, 0.2) is 22.2 Å². The summed E-state index contributed by atoms with van der Waals surface area (Å²) in [6.07, 6.45) is 0.300. The van der Waals surface area contributed by atoms with E-state index in [2.05, 4.69) is 10.3 Å². The Hall–Kier alpha value is -3.39. The van der Waals surface area contributed by atoms with Gasteiger partial charge in [0.1, 0.15) is 0 Å². The summed E-state index contributed by atoms with van der Waals surface area (Å²) < 4.78 is 16.1. The molecule has 30 heavy (non-hydrogen) atoms. The lowest BCUT2D eigenvalue weighted by atomic mass is 9.89. The second-order valence-corrected chi connectivity index (χ2v) is 7.87. The third kappa shape index (κ3) is 3.61. The highest BCUT2D eigenvalue weighted by Crippen LogP contribution is 2.34. The number of methoxy groups -OCH3 is 2. The van der Waals surface area contributed by atoms with Gasteiger partial charge in [-0.15, -0.1) is 11.3 Å². The van der Waals surface area contributed by atoms with E-state index in [1.54, 1.807) is 39.3 Å². The summed E-state index contributed by atoms with van der Waals surface area (Å²) in [5, 5.41) is 5.03. The number of hydrogen-bond acceptors (Lipinski definition) is 7. The van der Waals surface area contributed by atoms with Crippen LogP contribution in [0.1, 0.15) is 22.8 Å². The van der Waals surface area contributed by atoms with Crippen LogP contribution < -0.4 is 14.8 Å². The summed E-state index contributed by atoms with van der Waals surface area (Å²) in [6.45, 7) is 1.61. The maximum atomic E-state index is 12.9. The van der Waals surface area contributed by atoms with Gasteiger partial charge in [-0.25, -0.2) is 9.78 Å². The lowest BCUT2D eigenvalue weighted by molar-refractivity contribution is -0.134. The van der Waals surface area contributed by atoms with Crippen molar-refractivity contribution in [2.45, 2.75) is 18.9 Å². The van der Waals surface area contributed by atoms with Gasteiger partial charge in [0, 0.05) is 17.4 Å². The number of thiazole rings is 1. The summed E-state index contributed by atoms with van der Waals surface area (Å²) in [4.78, 5) is 29.7.